The van der Waals surface area contributed by atoms with Gasteiger partial charge in [0.25, 0.3) is 5.91 Å². The van der Waals surface area contributed by atoms with E-state index in [4.69, 9.17) is 4.74 Å². The molecule has 4 nitrogen and oxygen atoms in total. The third kappa shape index (κ3) is 3.35. The van der Waals surface area contributed by atoms with Crippen molar-refractivity contribution in [3.8, 4) is 5.75 Å². The summed E-state index contributed by atoms with van der Waals surface area (Å²) < 4.78 is 5.63. The Labute approximate surface area is 177 Å². The van der Waals surface area contributed by atoms with Crippen LogP contribution in [0.1, 0.15) is 45.9 Å². The van der Waals surface area contributed by atoms with Crippen molar-refractivity contribution >= 4 is 16.7 Å². The maximum absolute atomic E-state index is 13.2. The van der Waals surface area contributed by atoms with E-state index < -0.39 is 0 Å². The number of likely N-dealkylation sites (tertiary alicyclic amines) is 1. The Kier molecular flexibility index (Phi) is 5.17. The first-order chi connectivity index (χ1) is 14.8. The molecule has 1 N–H and O–H groups in total. The molecule has 1 fully saturated rings. The predicted molar refractivity (Wildman–Crippen MR) is 120 cm³/mol. The number of rotatable bonds is 6. The van der Waals surface area contributed by atoms with E-state index in [0.29, 0.717) is 6.54 Å². The highest BCUT2D eigenvalue weighted by atomic mass is 16.5. The van der Waals surface area contributed by atoms with E-state index in [-0.39, 0.29) is 11.9 Å². The maximum atomic E-state index is 13.2. The van der Waals surface area contributed by atoms with Gasteiger partial charge in [-0.25, -0.2) is 0 Å². The molecule has 4 heteroatoms. The van der Waals surface area contributed by atoms with Crippen molar-refractivity contribution in [3.05, 3.63) is 76.9 Å². The van der Waals surface area contributed by atoms with Crippen LogP contribution in [0.5, 0.6) is 5.75 Å². The SMILES string of the molecule is COc1ccccc1[C@H](CNC(=O)c1ccc2c3c(cccc13)CC2)N1CCCC1. The smallest absolute Gasteiger partial charge is 0.251 e. The van der Waals surface area contributed by atoms with Crippen LogP contribution in [0.2, 0.25) is 0 Å². The molecule has 1 atom stereocenters. The van der Waals surface area contributed by atoms with Gasteiger partial charge in [0.2, 0.25) is 0 Å². The Morgan fingerprint density at radius 3 is 2.57 bits per heavy atom. The van der Waals surface area contributed by atoms with Gasteiger partial charge in [-0.15, -0.1) is 0 Å². The van der Waals surface area contributed by atoms with Crippen LogP contribution in [0.4, 0.5) is 0 Å². The van der Waals surface area contributed by atoms with Gasteiger partial charge in [-0.2, -0.15) is 0 Å². The van der Waals surface area contributed by atoms with Gasteiger partial charge in [0.05, 0.1) is 13.2 Å². The van der Waals surface area contributed by atoms with E-state index >= 15 is 0 Å². The van der Waals surface area contributed by atoms with Crippen LogP contribution < -0.4 is 10.1 Å². The van der Waals surface area contributed by atoms with E-state index in [1.54, 1.807) is 7.11 Å². The van der Waals surface area contributed by atoms with Crippen molar-refractivity contribution in [3.63, 3.8) is 0 Å². The van der Waals surface area contributed by atoms with Gasteiger partial charge in [-0.1, -0.05) is 42.5 Å². The summed E-state index contributed by atoms with van der Waals surface area (Å²) in [6.07, 6.45) is 4.55. The summed E-state index contributed by atoms with van der Waals surface area (Å²) in [6, 6.07) is 18.8. The average molecular weight is 401 g/mol. The summed E-state index contributed by atoms with van der Waals surface area (Å²) in [5.41, 5.74) is 4.64. The zero-order valence-electron chi connectivity index (χ0n) is 17.5. The molecule has 3 aromatic rings. The van der Waals surface area contributed by atoms with Crippen molar-refractivity contribution in [2.45, 2.75) is 31.7 Å². The number of methoxy groups -OCH3 is 1. The van der Waals surface area contributed by atoms with Crippen LogP contribution in [0.3, 0.4) is 0 Å². The number of aryl methyl sites for hydroxylation is 2. The number of benzene rings is 3. The summed E-state index contributed by atoms with van der Waals surface area (Å²) in [4.78, 5) is 15.7. The van der Waals surface area contributed by atoms with Gasteiger partial charge in [-0.3, -0.25) is 9.69 Å². The highest BCUT2D eigenvalue weighted by molar-refractivity contribution is 6.09. The molecule has 30 heavy (non-hydrogen) atoms. The third-order valence-corrected chi connectivity index (χ3v) is 6.66. The second-order valence-electron chi connectivity index (χ2n) is 8.32. The Balaban J connectivity index is 1.42. The molecule has 1 saturated heterocycles. The zero-order chi connectivity index (χ0) is 20.5. The van der Waals surface area contributed by atoms with Gasteiger partial charge in [0.1, 0.15) is 5.75 Å². The first-order valence-electron chi connectivity index (χ1n) is 10.9. The molecule has 0 aromatic heterocycles. The molecule has 1 heterocycles. The number of ether oxygens (including phenoxy) is 1. The second-order valence-corrected chi connectivity index (χ2v) is 8.32. The number of carbonyl (C=O) groups is 1. The fraction of sp³-hybridized carbons (Fsp3) is 0.346. The Morgan fingerprint density at radius 2 is 1.77 bits per heavy atom. The Morgan fingerprint density at radius 1 is 1.00 bits per heavy atom. The van der Waals surface area contributed by atoms with Gasteiger partial charge in [0, 0.05) is 17.7 Å². The second kappa shape index (κ2) is 8.11. The fourth-order valence-electron chi connectivity index (χ4n) is 5.16. The van der Waals surface area contributed by atoms with Crippen molar-refractivity contribution in [1.29, 1.82) is 0 Å². The molecule has 2 aliphatic rings. The van der Waals surface area contributed by atoms with Crippen molar-refractivity contribution in [2.24, 2.45) is 0 Å². The Bertz CT molecular complexity index is 1080. The molecule has 0 radical (unpaired) electrons. The molecule has 1 aliphatic carbocycles. The van der Waals surface area contributed by atoms with Crippen molar-refractivity contribution in [1.82, 2.24) is 10.2 Å². The first kappa shape index (κ1) is 19.1. The van der Waals surface area contributed by atoms with Gasteiger partial charge in [-0.05, 0) is 72.8 Å². The van der Waals surface area contributed by atoms with Gasteiger partial charge in [0.15, 0.2) is 0 Å². The topological polar surface area (TPSA) is 41.6 Å². The minimum Gasteiger partial charge on any atom is -0.496 e. The summed E-state index contributed by atoms with van der Waals surface area (Å²) in [7, 11) is 1.71. The monoisotopic (exact) mass is 400 g/mol. The zero-order valence-corrected chi connectivity index (χ0v) is 17.5. The van der Waals surface area contributed by atoms with Crippen molar-refractivity contribution in [2.75, 3.05) is 26.7 Å². The molecule has 0 spiro atoms. The summed E-state index contributed by atoms with van der Waals surface area (Å²) in [5, 5.41) is 5.60. The lowest BCUT2D eigenvalue weighted by atomic mass is 9.99. The summed E-state index contributed by atoms with van der Waals surface area (Å²) in [5.74, 6) is 0.888. The van der Waals surface area contributed by atoms with E-state index in [9.17, 15) is 4.79 Å². The fourth-order valence-corrected chi connectivity index (χ4v) is 5.16. The molecule has 0 unspecified atom stereocenters. The number of carbonyl (C=O) groups excluding carboxylic acids is 1. The third-order valence-electron chi connectivity index (χ3n) is 6.66. The number of nitrogens with zero attached hydrogens (tertiary/aromatic N) is 1. The summed E-state index contributed by atoms with van der Waals surface area (Å²) >= 11 is 0. The standard InChI is InChI=1S/C26H28N2O2/c1-30-24-10-3-2-8-22(24)23(28-15-4-5-16-28)17-27-26(29)21-14-13-19-12-11-18-7-6-9-20(21)25(18)19/h2-3,6-10,13-14,23H,4-5,11-12,15-17H2,1H3,(H,27,29)/t23-/m0/s1. The molecule has 154 valence electrons. The van der Waals surface area contributed by atoms with Crippen LogP contribution in [-0.4, -0.2) is 37.6 Å². The number of hydrogen-bond donors (Lipinski definition) is 1. The minimum absolute atomic E-state index is 0.00435. The van der Waals surface area contributed by atoms with Crippen LogP contribution >= 0.6 is 0 Å². The van der Waals surface area contributed by atoms with Crippen LogP contribution in [-0.2, 0) is 12.8 Å². The van der Waals surface area contributed by atoms with E-state index in [0.717, 1.165) is 48.2 Å². The molecule has 1 amide bonds. The van der Waals surface area contributed by atoms with E-state index in [1.165, 1.54) is 29.4 Å². The number of amides is 1. The van der Waals surface area contributed by atoms with E-state index in [2.05, 4.69) is 40.5 Å². The first-order valence-corrected chi connectivity index (χ1v) is 10.9. The lowest BCUT2D eigenvalue weighted by molar-refractivity contribution is 0.0939. The molecule has 0 bridgehead atoms. The molecule has 0 saturated carbocycles. The van der Waals surface area contributed by atoms with E-state index in [1.807, 2.05) is 24.3 Å². The molecule has 3 aromatic carbocycles. The van der Waals surface area contributed by atoms with Crippen molar-refractivity contribution < 1.29 is 9.53 Å². The lowest BCUT2D eigenvalue weighted by Gasteiger charge is -2.29. The van der Waals surface area contributed by atoms with Gasteiger partial charge < -0.3 is 10.1 Å². The molecular weight excluding hydrogens is 372 g/mol. The van der Waals surface area contributed by atoms with Crippen LogP contribution in [0.25, 0.3) is 10.8 Å². The largest absolute Gasteiger partial charge is 0.496 e. The van der Waals surface area contributed by atoms with Gasteiger partial charge >= 0.3 is 0 Å². The van der Waals surface area contributed by atoms with Crippen LogP contribution in [0, 0.1) is 0 Å². The maximum Gasteiger partial charge on any atom is 0.251 e. The average Bonchev–Trinajstić information content (AvgIpc) is 3.46. The minimum atomic E-state index is 0.00435. The normalized spacial score (nSPS) is 16.7. The summed E-state index contributed by atoms with van der Waals surface area (Å²) in [6.45, 7) is 2.68. The predicted octanol–water partition coefficient (Wildman–Crippen LogP) is 4.51. The highest BCUT2D eigenvalue weighted by Gasteiger charge is 2.27. The number of para-hydroxylation sites is 1. The quantitative estimate of drug-likeness (QED) is 0.662. The van der Waals surface area contributed by atoms with Crippen LogP contribution in [0.15, 0.2) is 54.6 Å². The number of nitrogens with one attached hydrogen (secondary N) is 1. The molecule has 5 rings (SSSR count). The lowest BCUT2D eigenvalue weighted by Crippen LogP contribution is -2.37. The number of hydrogen-bond acceptors (Lipinski definition) is 3. The Hall–Kier alpha value is -2.85. The highest BCUT2D eigenvalue weighted by Crippen LogP contribution is 2.34. The molecule has 1 aliphatic heterocycles. The molecular formula is C26H28N2O2.